The van der Waals surface area contributed by atoms with Crippen LogP contribution in [-0.4, -0.2) is 24.6 Å². The van der Waals surface area contributed by atoms with Crippen molar-refractivity contribution in [1.29, 1.82) is 0 Å². The van der Waals surface area contributed by atoms with Gasteiger partial charge in [-0.15, -0.1) is 0 Å². The number of carbonyl (C=O) groups excluding carboxylic acids is 1. The van der Waals surface area contributed by atoms with Gasteiger partial charge in [-0.3, -0.25) is 4.79 Å². The van der Waals surface area contributed by atoms with Crippen molar-refractivity contribution < 1.29 is 9.53 Å². The van der Waals surface area contributed by atoms with Crippen LogP contribution >= 0.6 is 0 Å². The van der Waals surface area contributed by atoms with E-state index < -0.39 is 0 Å². The number of nitrogens with two attached hydrogens (primary N) is 1. The zero-order chi connectivity index (χ0) is 14.7. The zero-order valence-corrected chi connectivity index (χ0v) is 12.5. The Morgan fingerprint density at radius 1 is 1.35 bits per heavy atom. The summed E-state index contributed by atoms with van der Waals surface area (Å²) >= 11 is 0. The van der Waals surface area contributed by atoms with Gasteiger partial charge in [-0.1, -0.05) is 12.1 Å². The number of rotatable bonds is 7. The summed E-state index contributed by atoms with van der Waals surface area (Å²) < 4.78 is 5.88. The van der Waals surface area contributed by atoms with Crippen LogP contribution in [0.1, 0.15) is 36.0 Å². The van der Waals surface area contributed by atoms with Gasteiger partial charge in [0.1, 0.15) is 5.75 Å². The molecule has 1 fully saturated rings. The molecule has 0 radical (unpaired) electrons. The minimum Gasteiger partial charge on any atom is -0.493 e. The summed E-state index contributed by atoms with van der Waals surface area (Å²) in [6.45, 7) is 6.67. The van der Waals surface area contributed by atoms with Gasteiger partial charge in [-0.25, -0.2) is 0 Å². The maximum atomic E-state index is 11.4. The largest absolute Gasteiger partial charge is 0.493 e. The van der Waals surface area contributed by atoms with Gasteiger partial charge in [0.05, 0.1) is 12.6 Å². The van der Waals surface area contributed by atoms with E-state index in [1.165, 1.54) is 5.56 Å². The lowest BCUT2D eigenvalue weighted by Crippen LogP contribution is -2.43. The monoisotopic (exact) mass is 276 g/mol. The number of hydrogen-bond acceptors (Lipinski definition) is 3. The first-order valence-corrected chi connectivity index (χ1v) is 7.24. The van der Waals surface area contributed by atoms with Crippen molar-refractivity contribution in [2.45, 2.75) is 52.1 Å². The summed E-state index contributed by atoms with van der Waals surface area (Å²) in [7, 11) is 0. The van der Waals surface area contributed by atoms with Crippen LogP contribution in [0.5, 0.6) is 5.75 Å². The van der Waals surface area contributed by atoms with Gasteiger partial charge in [0.15, 0.2) is 0 Å². The van der Waals surface area contributed by atoms with E-state index in [0.29, 0.717) is 19.1 Å². The number of ether oxygens (including phenoxy) is 1. The Bertz CT molecular complexity index is 495. The summed E-state index contributed by atoms with van der Waals surface area (Å²) in [6, 6.07) is 4.34. The maximum Gasteiger partial charge on any atom is 0.234 e. The number of primary amides is 1. The third-order valence-corrected chi connectivity index (χ3v) is 3.88. The van der Waals surface area contributed by atoms with E-state index in [4.69, 9.17) is 10.5 Å². The van der Waals surface area contributed by atoms with E-state index in [1.807, 2.05) is 6.92 Å². The molecule has 1 amide bonds. The van der Waals surface area contributed by atoms with Crippen LogP contribution in [0.15, 0.2) is 12.1 Å². The minimum atomic E-state index is -0.293. The summed E-state index contributed by atoms with van der Waals surface area (Å²) in [5.74, 6) is 0.637. The second kappa shape index (κ2) is 6.27. The van der Waals surface area contributed by atoms with Crippen LogP contribution in [0.4, 0.5) is 0 Å². The fraction of sp³-hybridized carbons (Fsp3) is 0.562. The van der Waals surface area contributed by atoms with Gasteiger partial charge in [0.25, 0.3) is 0 Å². The highest BCUT2D eigenvalue weighted by Gasteiger charge is 2.27. The second-order valence-electron chi connectivity index (χ2n) is 5.69. The molecule has 110 valence electrons. The summed E-state index contributed by atoms with van der Waals surface area (Å²) in [5.41, 5.74) is 8.92. The average Bonchev–Trinajstić information content (AvgIpc) is 3.20. The van der Waals surface area contributed by atoms with Crippen molar-refractivity contribution in [2.24, 2.45) is 5.73 Å². The molecule has 1 unspecified atom stereocenters. The van der Waals surface area contributed by atoms with Gasteiger partial charge >= 0.3 is 0 Å². The van der Waals surface area contributed by atoms with Crippen LogP contribution in [0.3, 0.4) is 0 Å². The number of carbonyl (C=O) groups is 1. The molecule has 1 saturated carbocycles. The van der Waals surface area contributed by atoms with Crippen LogP contribution in [0.25, 0.3) is 0 Å². The van der Waals surface area contributed by atoms with E-state index in [0.717, 1.165) is 29.7 Å². The van der Waals surface area contributed by atoms with Gasteiger partial charge in [0.2, 0.25) is 5.91 Å². The average molecular weight is 276 g/mol. The highest BCUT2D eigenvalue weighted by molar-refractivity contribution is 5.79. The SMILES string of the molecule is Cc1ccc(C)c(OCCC(NC2CC2)C(N)=O)c1C. The third-order valence-electron chi connectivity index (χ3n) is 3.88. The molecule has 1 aliphatic rings. The Kier molecular flexibility index (Phi) is 4.65. The van der Waals surface area contributed by atoms with Gasteiger partial charge in [-0.05, 0) is 50.3 Å². The number of benzene rings is 1. The number of hydrogen-bond donors (Lipinski definition) is 2. The molecule has 20 heavy (non-hydrogen) atoms. The van der Waals surface area contributed by atoms with E-state index in [1.54, 1.807) is 0 Å². The molecule has 4 heteroatoms. The lowest BCUT2D eigenvalue weighted by Gasteiger charge is -2.17. The molecule has 0 spiro atoms. The molecule has 2 rings (SSSR count). The first-order chi connectivity index (χ1) is 9.49. The molecule has 1 aliphatic carbocycles. The van der Waals surface area contributed by atoms with Crippen LogP contribution in [-0.2, 0) is 4.79 Å². The van der Waals surface area contributed by atoms with Gasteiger partial charge < -0.3 is 15.8 Å². The Morgan fingerprint density at radius 3 is 2.60 bits per heavy atom. The van der Waals surface area contributed by atoms with E-state index >= 15 is 0 Å². The van der Waals surface area contributed by atoms with E-state index in [9.17, 15) is 4.79 Å². The van der Waals surface area contributed by atoms with Crippen molar-refractivity contribution in [3.05, 3.63) is 28.8 Å². The van der Waals surface area contributed by atoms with Crippen molar-refractivity contribution in [2.75, 3.05) is 6.61 Å². The molecule has 3 N–H and O–H groups in total. The highest BCUT2D eigenvalue weighted by Crippen LogP contribution is 2.26. The molecular weight excluding hydrogens is 252 g/mol. The molecular formula is C16H24N2O2. The second-order valence-corrected chi connectivity index (χ2v) is 5.69. The molecule has 1 aromatic rings. The van der Waals surface area contributed by atoms with Crippen LogP contribution in [0, 0.1) is 20.8 Å². The van der Waals surface area contributed by atoms with E-state index in [-0.39, 0.29) is 11.9 Å². The van der Waals surface area contributed by atoms with Crippen molar-refractivity contribution in [3.8, 4) is 5.75 Å². The first-order valence-electron chi connectivity index (χ1n) is 7.24. The zero-order valence-electron chi connectivity index (χ0n) is 12.5. The Balaban J connectivity index is 1.91. The predicted octanol–water partition coefficient (Wildman–Crippen LogP) is 1.99. The normalized spacial score (nSPS) is 15.9. The molecule has 0 bridgehead atoms. The molecule has 1 aromatic carbocycles. The molecule has 0 aliphatic heterocycles. The number of nitrogens with one attached hydrogen (secondary N) is 1. The van der Waals surface area contributed by atoms with Crippen molar-refractivity contribution in [1.82, 2.24) is 5.32 Å². The topological polar surface area (TPSA) is 64.3 Å². The maximum absolute atomic E-state index is 11.4. The van der Waals surface area contributed by atoms with Gasteiger partial charge in [0, 0.05) is 12.5 Å². The molecule has 0 aromatic heterocycles. The predicted molar refractivity (Wildman–Crippen MR) is 79.9 cm³/mol. The summed E-state index contributed by atoms with van der Waals surface area (Å²) in [5, 5.41) is 3.26. The fourth-order valence-corrected chi connectivity index (χ4v) is 2.27. The first kappa shape index (κ1) is 14.9. The molecule has 0 saturated heterocycles. The smallest absolute Gasteiger partial charge is 0.234 e. The van der Waals surface area contributed by atoms with E-state index in [2.05, 4.69) is 31.3 Å². The molecule has 0 heterocycles. The number of amides is 1. The third kappa shape index (κ3) is 3.73. The fourth-order valence-electron chi connectivity index (χ4n) is 2.27. The van der Waals surface area contributed by atoms with Crippen molar-refractivity contribution in [3.63, 3.8) is 0 Å². The lowest BCUT2D eigenvalue weighted by molar-refractivity contribution is -0.120. The quantitative estimate of drug-likeness (QED) is 0.800. The minimum absolute atomic E-state index is 0.284. The van der Waals surface area contributed by atoms with Crippen LogP contribution < -0.4 is 15.8 Å². The van der Waals surface area contributed by atoms with Crippen LogP contribution in [0.2, 0.25) is 0 Å². The Labute approximate surface area is 120 Å². The lowest BCUT2D eigenvalue weighted by atomic mass is 10.1. The van der Waals surface area contributed by atoms with Gasteiger partial charge in [-0.2, -0.15) is 0 Å². The Morgan fingerprint density at radius 2 is 2.00 bits per heavy atom. The number of aryl methyl sites for hydroxylation is 2. The van der Waals surface area contributed by atoms with Crippen molar-refractivity contribution >= 4 is 5.91 Å². The molecule has 1 atom stereocenters. The Hall–Kier alpha value is -1.55. The summed E-state index contributed by atoms with van der Waals surface area (Å²) in [4.78, 5) is 11.4. The standard InChI is InChI=1S/C16H24N2O2/c1-10-4-5-11(2)15(12(10)3)20-9-8-14(16(17)19)18-13-6-7-13/h4-5,13-14,18H,6-9H2,1-3H3,(H2,17,19). The highest BCUT2D eigenvalue weighted by atomic mass is 16.5. The molecule has 4 nitrogen and oxygen atoms in total. The summed E-state index contributed by atoms with van der Waals surface area (Å²) in [6.07, 6.45) is 2.89.